The minimum atomic E-state index is -0.184. The van der Waals surface area contributed by atoms with Gasteiger partial charge in [-0.25, -0.2) is 9.97 Å². The number of nitrogens with two attached hydrogens (primary N) is 1. The zero-order chi connectivity index (χ0) is 15.4. The molecular formula is C15H19N5O. The van der Waals surface area contributed by atoms with E-state index in [-0.39, 0.29) is 17.1 Å². The SMILES string of the molecule is CCC(=O)c1nn(C)c2c1C(C)(C)Cc1cnc(N)nc1-2. The van der Waals surface area contributed by atoms with Crippen molar-refractivity contribution in [2.45, 2.75) is 39.0 Å². The van der Waals surface area contributed by atoms with Gasteiger partial charge in [-0.2, -0.15) is 5.10 Å². The van der Waals surface area contributed by atoms with E-state index < -0.39 is 0 Å². The molecule has 0 radical (unpaired) electrons. The number of aromatic nitrogens is 4. The molecule has 1 aliphatic carbocycles. The van der Waals surface area contributed by atoms with E-state index in [1.807, 2.05) is 14.0 Å². The van der Waals surface area contributed by atoms with Crippen molar-refractivity contribution in [2.24, 2.45) is 7.05 Å². The van der Waals surface area contributed by atoms with Gasteiger partial charge in [-0.1, -0.05) is 20.8 Å². The summed E-state index contributed by atoms with van der Waals surface area (Å²) < 4.78 is 1.74. The molecule has 2 aromatic heterocycles. The Morgan fingerprint density at radius 1 is 1.48 bits per heavy atom. The normalized spacial score (nSPS) is 15.4. The lowest BCUT2D eigenvalue weighted by Gasteiger charge is -2.31. The minimum Gasteiger partial charge on any atom is -0.368 e. The standard InChI is InChI=1S/C15H19N5O/c1-5-9(21)12-10-13(20(4)19-12)11-8(6-15(10,2)3)7-17-14(16)18-11/h7H,5-6H2,1-4H3,(H2,16,17,18). The lowest BCUT2D eigenvalue weighted by atomic mass is 9.72. The maximum atomic E-state index is 12.2. The highest BCUT2D eigenvalue weighted by Gasteiger charge is 2.39. The van der Waals surface area contributed by atoms with Gasteiger partial charge in [0.2, 0.25) is 5.95 Å². The molecule has 1 aliphatic rings. The van der Waals surface area contributed by atoms with E-state index >= 15 is 0 Å². The fraction of sp³-hybridized carbons (Fsp3) is 0.467. The topological polar surface area (TPSA) is 86.7 Å². The number of hydrogen-bond acceptors (Lipinski definition) is 5. The summed E-state index contributed by atoms with van der Waals surface area (Å²) >= 11 is 0. The second kappa shape index (κ2) is 4.38. The van der Waals surface area contributed by atoms with E-state index in [9.17, 15) is 4.79 Å². The predicted molar refractivity (Wildman–Crippen MR) is 80.0 cm³/mol. The van der Waals surface area contributed by atoms with Crippen LogP contribution in [0.4, 0.5) is 5.95 Å². The number of carbonyl (C=O) groups excluding carboxylic acids is 1. The second-order valence-corrected chi connectivity index (χ2v) is 6.14. The number of aryl methyl sites for hydroxylation is 1. The summed E-state index contributed by atoms with van der Waals surface area (Å²) in [5, 5.41) is 4.45. The Kier molecular flexibility index (Phi) is 2.86. The van der Waals surface area contributed by atoms with Crippen LogP contribution in [0.3, 0.4) is 0 Å². The first kappa shape index (κ1) is 13.7. The Bertz CT molecular complexity index is 745. The zero-order valence-corrected chi connectivity index (χ0v) is 12.8. The summed E-state index contributed by atoms with van der Waals surface area (Å²) in [4.78, 5) is 20.7. The van der Waals surface area contributed by atoms with Crippen molar-refractivity contribution in [3.63, 3.8) is 0 Å². The maximum Gasteiger partial charge on any atom is 0.220 e. The van der Waals surface area contributed by atoms with Crippen molar-refractivity contribution in [1.29, 1.82) is 0 Å². The van der Waals surface area contributed by atoms with E-state index in [4.69, 9.17) is 5.73 Å². The van der Waals surface area contributed by atoms with Crippen LogP contribution in [0.2, 0.25) is 0 Å². The molecular weight excluding hydrogens is 266 g/mol. The number of nitrogens with zero attached hydrogens (tertiary/aromatic N) is 4. The fourth-order valence-corrected chi connectivity index (χ4v) is 3.12. The molecule has 0 unspecified atom stereocenters. The highest BCUT2D eigenvalue weighted by molar-refractivity contribution is 5.98. The second-order valence-electron chi connectivity index (χ2n) is 6.14. The highest BCUT2D eigenvalue weighted by atomic mass is 16.1. The van der Waals surface area contributed by atoms with Crippen LogP contribution in [0.5, 0.6) is 0 Å². The van der Waals surface area contributed by atoms with Crippen molar-refractivity contribution in [2.75, 3.05) is 5.73 Å². The van der Waals surface area contributed by atoms with Crippen molar-refractivity contribution in [3.8, 4) is 11.4 Å². The van der Waals surface area contributed by atoms with Gasteiger partial charge in [0, 0.05) is 25.2 Å². The third-order valence-corrected chi connectivity index (χ3v) is 4.05. The van der Waals surface area contributed by atoms with Crippen LogP contribution in [0, 0.1) is 0 Å². The van der Waals surface area contributed by atoms with Gasteiger partial charge in [0.05, 0.1) is 11.4 Å². The third-order valence-electron chi connectivity index (χ3n) is 4.05. The average molecular weight is 285 g/mol. The molecule has 110 valence electrons. The summed E-state index contributed by atoms with van der Waals surface area (Å²) in [6, 6.07) is 0. The number of anilines is 1. The van der Waals surface area contributed by atoms with Gasteiger partial charge in [0.15, 0.2) is 5.78 Å². The number of hydrogen-bond donors (Lipinski definition) is 1. The molecule has 0 aromatic carbocycles. The Morgan fingerprint density at radius 3 is 2.86 bits per heavy atom. The molecule has 0 fully saturated rings. The summed E-state index contributed by atoms with van der Waals surface area (Å²) in [5.41, 5.74) is 9.80. The molecule has 21 heavy (non-hydrogen) atoms. The molecule has 0 saturated carbocycles. The molecule has 0 amide bonds. The summed E-state index contributed by atoms with van der Waals surface area (Å²) in [6.45, 7) is 6.10. The Morgan fingerprint density at radius 2 is 2.19 bits per heavy atom. The molecule has 2 aromatic rings. The predicted octanol–water partition coefficient (Wildman–Crippen LogP) is 1.89. The quantitative estimate of drug-likeness (QED) is 0.851. The number of carbonyl (C=O) groups is 1. The van der Waals surface area contributed by atoms with Crippen LogP contribution < -0.4 is 5.73 Å². The number of Topliss-reactive ketones (excluding diaryl/α,β-unsaturated/α-hetero) is 1. The monoisotopic (exact) mass is 285 g/mol. The first-order valence-corrected chi connectivity index (χ1v) is 7.07. The lowest BCUT2D eigenvalue weighted by molar-refractivity contribution is 0.0980. The summed E-state index contributed by atoms with van der Waals surface area (Å²) in [6.07, 6.45) is 2.99. The van der Waals surface area contributed by atoms with E-state index in [1.54, 1.807) is 10.9 Å². The van der Waals surface area contributed by atoms with Gasteiger partial charge in [0.1, 0.15) is 5.69 Å². The first-order chi connectivity index (χ1) is 9.85. The van der Waals surface area contributed by atoms with Gasteiger partial charge < -0.3 is 5.73 Å². The van der Waals surface area contributed by atoms with Crippen LogP contribution in [0.1, 0.15) is 48.8 Å². The molecule has 0 aliphatic heterocycles. The summed E-state index contributed by atoms with van der Waals surface area (Å²) in [5.74, 6) is 0.300. The van der Waals surface area contributed by atoms with Crippen molar-refractivity contribution < 1.29 is 4.79 Å². The molecule has 3 rings (SSSR count). The number of rotatable bonds is 2. The Hall–Kier alpha value is -2.24. The lowest BCUT2D eigenvalue weighted by Crippen LogP contribution is -2.28. The van der Waals surface area contributed by atoms with E-state index in [0.717, 1.165) is 28.9 Å². The van der Waals surface area contributed by atoms with E-state index in [2.05, 4.69) is 28.9 Å². The van der Waals surface area contributed by atoms with Crippen LogP contribution in [-0.4, -0.2) is 25.5 Å². The van der Waals surface area contributed by atoms with Gasteiger partial charge in [0.25, 0.3) is 0 Å². The van der Waals surface area contributed by atoms with Gasteiger partial charge in [-0.15, -0.1) is 0 Å². The molecule has 6 heteroatoms. The van der Waals surface area contributed by atoms with E-state index in [0.29, 0.717) is 12.1 Å². The average Bonchev–Trinajstić information content (AvgIpc) is 2.78. The number of fused-ring (bicyclic) bond motifs is 3. The largest absolute Gasteiger partial charge is 0.368 e. The number of nitrogen functional groups attached to an aromatic ring is 1. The van der Waals surface area contributed by atoms with Gasteiger partial charge in [-0.05, 0) is 17.4 Å². The first-order valence-electron chi connectivity index (χ1n) is 7.07. The van der Waals surface area contributed by atoms with E-state index in [1.165, 1.54) is 0 Å². The molecule has 0 saturated heterocycles. The van der Waals surface area contributed by atoms with Crippen molar-refractivity contribution in [1.82, 2.24) is 19.7 Å². The van der Waals surface area contributed by atoms with Crippen molar-refractivity contribution in [3.05, 3.63) is 23.0 Å². The van der Waals surface area contributed by atoms with Crippen LogP contribution >= 0.6 is 0 Å². The molecule has 2 heterocycles. The smallest absolute Gasteiger partial charge is 0.220 e. The van der Waals surface area contributed by atoms with Gasteiger partial charge >= 0.3 is 0 Å². The third kappa shape index (κ3) is 1.93. The van der Waals surface area contributed by atoms with Crippen LogP contribution in [-0.2, 0) is 18.9 Å². The van der Waals surface area contributed by atoms with Crippen LogP contribution in [0.15, 0.2) is 6.20 Å². The zero-order valence-electron chi connectivity index (χ0n) is 12.8. The summed E-state index contributed by atoms with van der Waals surface area (Å²) in [7, 11) is 1.84. The van der Waals surface area contributed by atoms with Crippen LogP contribution in [0.25, 0.3) is 11.4 Å². The molecule has 6 nitrogen and oxygen atoms in total. The highest BCUT2D eigenvalue weighted by Crippen LogP contribution is 2.43. The molecule has 2 N–H and O–H groups in total. The molecule has 0 bridgehead atoms. The fourth-order valence-electron chi connectivity index (χ4n) is 3.12. The van der Waals surface area contributed by atoms with Gasteiger partial charge in [-0.3, -0.25) is 9.48 Å². The van der Waals surface area contributed by atoms with Crippen molar-refractivity contribution >= 4 is 11.7 Å². The minimum absolute atomic E-state index is 0.0606. The molecule has 0 spiro atoms. The maximum absolute atomic E-state index is 12.2. The Balaban J connectivity index is 2.35. The molecule has 0 atom stereocenters. The number of ketones is 1. The Labute approximate surface area is 123 Å².